The van der Waals surface area contributed by atoms with Crippen molar-refractivity contribution in [2.24, 2.45) is 0 Å². The van der Waals surface area contributed by atoms with Crippen molar-refractivity contribution < 1.29 is 14.3 Å². The molecule has 0 radical (unpaired) electrons. The summed E-state index contributed by atoms with van der Waals surface area (Å²) < 4.78 is 5.11. The maximum Gasteiger partial charge on any atom is 0.412 e. The lowest BCUT2D eigenvalue weighted by Gasteiger charge is -2.20. The number of ketones is 1. The predicted octanol–water partition coefficient (Wildman–Crippen LogP) is 4.11. The maximum atomic E-state index is 11.7. The van der Waals surface area contributed by atoms with Crippen LogP contribution in [0.2, 0.25) is 5.02 Å². The number of amides is 1. The molecule has 0 saturated heterocycles. The van der Waals surface area contributed by atoms with Crippen molar-refractivity contribution in [2.75, 3.05) is 11.2 Å². The van der Waals surface area contributed by atoms with Gasteiger partial charge in [0.1, 0.15) is 5.60 Å². The van der Waals surface area contributed by atoms with Crippen LogP contribution in [0.5, 0.6) is 0 Å². The van der Waals surface area contributed by atoms with Crippen LogP contribution in [-0.4, -0.2) is 23.4 Å². The Bertz CT molecular complexity index is 495. The molecule has 0 saturated carbocycles. The number of alkyl halides is 1. The summed E-state index contributed by atoms with van der Waals surface area (Å²) in [5, 5.41) is 2.90. The molecule has 6 heteroatoms. The van der Waals surface area contributed by atoms with E-state index in [0.29, 0.717) is 10.7 Å². The van der Waals surface area contributed by atoms with Crippen molar-refractivity contribution in [1.82, 2.24) is 0 Å². The number of nitrogens with one attached hydrogen (secondary N) is 1. The van der Waals surface area contributed by atoms with Gasteiger partial charge in [-0.05, 0) is 39.0 Å². The highest BCUT2D eigenvalue weighted by molar-refractivity contribution is 6.33. The fourth-order valence-electron chi connectivity index (χ4n) is 1.34. The molecule has 1 aromatic carbocycles. The normalized spacial score (nSPS) is 11.0. The largest absolute Gasteiger partial charge is 0.444 e. The van der Waals surface area contributed by atoms with Crippen LogP contribution in [0.1, 0.15) is 31.1 Å². The second kappa shape index (κ2) is 6.26. The summed E-state index contributed by atoms with van der Waals surface area (Å²) in [6, 6.07) is 4.56. The number of benzene rings is 1. The Labute approximate surface area is 122 Å². The molecule has 0 aliphatic rings. The van der Waals surface area contributed by atoms with Gasteiger partial charge in [-0.25, -0.2) is 4.79 Å². The summed E-state index contributed by atoms with van der Waals surface area (Å²) in [4.78, 5) is 23.3. The van der Waals surface area contributed by atoms with Gasteiger partial charge in [0.2, 0.25) is 0 Å². The van der Waals surface area contributed by atoms with Crippen molar-refractivity contribution in [1.29, 1.82) is 0 Å². The molecule has 0 fully saturated rings. The van der Waals surface area contributed by atoms with Gasteiger partial charge in [0.05, 0.1) is 11.6 Å². The summed E-state index contributed by atoms with van der Waals surface area (Å²) >= 11 is 11.3. The molecule has 1 rings (SSSR count). The Balaban J connectivity index is 2.95. The number of carbonyl (C=O) groups excluding carboxylic acids is 2. The van der Waals surface area contributed by atoms with Crippen LogP contribution >= 0.6 is 23.2 Å². The first-order valence-electron chi connectivity index (χ1n) is 5.61. The van der Waals surface area contributed by atoms with Crippen LogP contribution in [0.4, 0.5) is 10.5 Å². The van der Waals surface area contributed by atoms with Gasteiger partial charge < -0.3 is 4.74 Å². The molecule has 104 valence electrons. The SMILES string of the molecule is CC(C)(C)OC(=O)Nc1ccc(Cl)cc1C(=O)CCl. The average molecular weight is 304 g/mol. The number of halogens is 2. The van der Waals surface area contributed by atoms with Gasteiger partial charge in [-0.1, -0.05) is 11.6 Å². The smallest absolute Gasteiger partial charge is 0.412 e. The summed E-state index contributed by atoms with van der Waals surface area (Å²) in [5.41, 5.74) is -0.0367. The number of Topliss-reactive ketones (excluding diaryl/α,β-unsaturated/α-hetero) is 1. The molecule has 4 nitrogen and oxygen atoms in total. The Morgan fingerprint density at radius 3 is 2.47 bits per heavy atom. The number of ether oxygens (including phenoxy) is 1. The highest BCUT2D eigenvalue weighted by Gasteiger charge is 2.18. The van der Waals surface area contributed by atoms with E-state index in [-0.39, 0.29) is 17.2 Å². The predicted molar refractivity (Wildman–Crippen MR) is 76.4 cm³/mol. The summed E-state index contributed by atoms with van der Waals surface area (Å²) in [6.45, 7) is 5.25. The average Bonchev–Trinajstić information content (AvgIpc) is 2.28. The van der Waals surface area contributed by atoms with E-state index in [9.17, 15) is 9.59 Å². The van der Waals surface area contributed by atoms with Crippen molar-refractivity contribution in [3.8, 4) is 0 Å². The van der Waals surface area contributed by atoms with E-state index < -0.39 is 11.7 Å². The van der Waals surface area contributed by atoms with Gasteiger partial charge in [-0.3, -0.25) is 10.1 Å². The first kappa shape index (κ1) is 15.8. The van der Waals surface area contributed by atoms with Crippen molar-refractivity contribution >= 4 is 40.8 Å². The highest BCUT2D eigenvalue weighted by atomic mass is 35.5. The van der Waals surface area contributed by atoms with Gasteiger partial charge in [-0.15, -0.1) is 11.6 Å². The van der Waals surface area contributed by atoms with Crippen LogP contribution in [0, 0.1) is 0 Å². The van der Waals surface area contributed by atoms with Crippen molar-refractivity contribution in [3.63, 3.8) is 0 Å². The van der Waals surface area contributed by atoms with Gasteiger partial charge in [0.15, 0.2) is 5.78 Å². The second-order valence-electron chi connectivity index (χ2n) is 4.87. The molecule has 0 unspecified atom stereocenters. The molecule has 1 N–H and O–H groups in total. The molecule has 0 heterocycles. The molecule has 0 aliphatic carbocycles. The number of anilines is 1. The Morgan fingerprint density at radius 1 is 1.32 bits per heavy atom. The minimum atomic E-state index is -0.640. The van der Waals surface area contributed by atoms with Gasteiger partial charge in [-0.2, -0.15) is 0 Å². The molecule has 0 aromatic heterocycles. The maximum absolute atomic E-state index is 11.7. The summed E-state index contributed by atoms with van der Waals surface area (Å²) in [7, 11) is 0. The zero-order chi connectivity index (χ0) is 14.6. The Kier molecular flexibility index (Phi) is 5.20. The Hall–Kier alpha value is -1.26. The lowest BCUT2D eigenvalue weighted by molar-refractivity contribution is 0.0636. The van der Waals surface area contributed by atoms with Crippen molar-refractivity contribution in [3.05, 3.63) is 28.8 Å². The molecule has 1 aromatic rings. The fraction of sp³-hybridized carbons (Fsp3) is 0.385. The van der Waals surface area contributed by atoms with E-state index in [1.807, 2.05) is 0 Å². The summed E-state index contributed by atoms with van der Waals surface area (Å²) in [5.74, 6) is -0.515. The van der Waals surface area contributed by atoms with Gasteiger partial charge >= 0.3 is 6.09 Å². The van der Waals surface area contributed by atoms with Crippen LogP contribution < -0.4 is 5.32 Å². The third-order valence-corrected chi connectivity index (χ3v) is 2.52. The Morgan fingerprint density at radius 2 is 1.95 bits per heavy atom. The number of carbonyl (C=O) groups is 2. The van der Waals surface area contributed by atoms with Gasteiger partial charge in [0.25, 0.3) is 0 Å². The van der Waals surface area contributed by atoms with Crippen LogP contribution in [0.25, 0.3) is 0 Å². The minimum Gasteiger partial charge on any atom is -0.444 e. The molecule has 19 heavy (non-hydrogen) atoms. The first-order chi connectivity index (χ1) is 8.73. The van der Waals surface area contributed by atoms with E-state index in [0.717, 1.165) is 0 Å². The third-order valence-electron chi connectivity index (χ3n) is 2.04. The first-order valence-corrected chi connectivity index (χ1v) is 6.53. The monoisotopic (exact) mass is 303 g/mol. The van der Waals surface area contributed by atoms with Gasteiger partial charge in [0, 0.05) is 10.6 Å². The van der Waals surface area contributed by atoms with E-state index in [2.05, 4.69) is 5.32 Å². The van der Waals surface area contributed by atoms with E-state index >= 15 is 0 Å². The van der Waals surface area contributed by atoms with Crippen molar-refractivity contribution in [2.45, 2.75) is 26.4 Å². The fourth-order valence-corrected chi connectivity index (χ4v) is 1.66. The zero-order valence-electron chi connectivity index (χ0n) is 10.9. The van der Waals surface area contributed by atoms with Crippen LogP contribution in [0.3, 0.4) is 0 Å². The number of rotatable bonds is 3. The molecular formula is C13H15Cl2NO3. The molecular weight excluding hydrogens is 289 g/mol. The molecule has 0 spiro atoms. The molecule has 0 atom stereocenters. The lowest BCUT2D eigenvalue weighted by atomic mass is 10.1. The molecule has 0 bridgehead atoms. The quantitative estimate of drug-likeness (QED) is 0.675. The second-order valence-corrected chi connectivity index (χ2v) is 5.58. The van der Waals surface area contributed by atoms with E-state index in [1.165, 1.54) is 12.1 Å². The van der Waals surface area contributed by atoms with E-state index in [4.69, 9.17) is 27.9 Å². The van der Waals surface area contributed by atoms with Crippen LogP contribution in [0.15, 0.2) is 18.2 Å². The van der Waals surface area contributed by atoms with E-state index in [1.54, 1.807) is 26.8 Å². The number of hydrogen-bond donors (Lipinski definition) is 1. The third kappa shape index (κ3) is 5.09. The van der Waals surface area contributed by atoms with Crippen LogP contribution in [-0.2, 0) is 4.74 Å². The lowest BCUT2D eigenvalue weighted by Crippen LogP contribution is -2.27. The number of hydrogen-bond acceptors (Lipinski definition) is 3. The zero-order valence-corrected chi connectivity index (χ0v) is 12.4. The highest BCUT2D eigenvalue weighted by Crippen LogP contribution is 2.22. The minimum absolute atomic E-state index is 0.191. The standard InChI is InChI=1S/C13H15Cl2NO3/c1-13(2,3)19-12(18)16-10-5-4-8(15)6-9(10)11(17)7-14/h4-6H,7H2,1-3H3,(H,16,18). The molecule has 1 amide bonds. The summed E-state index contributed by atoms with van der Waals surface area (Å²) in [6.07, 6.45) is -0.640. The topological polar surface area (TPSA) is 55.4 Å². The molecule has 0 aliphatic heterocycles.